The van der Waals surface area contributed by atoms with Crippen LogP contribution in [0.1, 0.15) is 33.0 Å². The lowest BCUT2D eigenvalue weighted by atomic mass is 9.95. The van der Waals surface area contributed by atoms with Gasteiger partial charge in [0, 0.05) is 25.6 Å². The molecule has 2 heterocycles. The average Bonchev–Trinajstić information content (AvgIpc) is 2.97. The Balaban J connectivity index is 2.06. The fourth-order valence-corrected chi connectivity index (χ4v) is 2.70. The number of aromatic nitrogens is 3. The maximum Gasteiger partial charge on any atom is 0.138 e. The van der Waals surface area contributed by atoms with Gasteiger partial charge in [-0.1, -0.05) is 13.8 Å². The highest BCUT2D eigenvalue weighted by molar-refractivity contribution is 4.95. The predicted molar refractivity (Wildman–Crippen MR) is 70.4 cm³/mol. The summed E-state index contributed by atoms with van der Waals surface area (Å²) in [5.41, 5.74) is 0. The van der Waals surface area contributed by atoms with Crippen LogP contribution in [0.15, 0.2) is 6.33 Å². The van der Waals surface area contributed by atoms with Gasteiger partial charge >= 0.3 is 0 Å². The third kappa shape index (κ3) is 2.90. The Kier molecular flexibility index (Phi) is 4.72. The fourth-order valence-electron chi connectivity index (χ4n) is 2.70. The summed E-state index contributed by atoms with van der Waals surface area (Å²) in [6.07, 6.45) is 3.98. The van der Waals surface area contributed by atoms with E-state index < -0.39 is 0 Å². The van der Waals surface area contributed by atoms with Crippen molar-refractivity contribution in [3.05, 3.63) is 12.2 Å². The van der Waals surface area contributed by atoms with Crippen molar-refractivity contribution < 1.29 is 4.74 Å². The second kappa shape index (κ2) is 6.29. The SMILES string of the molecule is CCNC(Cc1ncnn1CC)C1OCCC1C. The van der Waals surface area contributed by atoms with Crippen LogP contribution in [0.25, 0.3) is 0 Å². The standard InChI is InChI=1S/C13H24N4O/c1-4-14-11(13-10(3)6-7-18-13)8-12-15-9-16-17(12)5-2/h9-11,13-14H,4-8H2,1-3H3. The van der Waals surface area contributed by atoms with Crippen LogP contribution >= 0.6 is 0 Å². The predicted octanol–water partition coefficient (Wildman–Crippen LogP) is 1.24. The molecule has 1 aliphatic heterocycles. The van der Waals surface area contributed by atoms with Gasteiger partial charge in [0.05, 0.1) is 6.10 Å². The molecular formula is C13H24N4O. The molecule has 5 heteroatoms. The van der Waals surface area contributed by atoms with Gasteiger partial charge < -0.3 is 10.1 Å². The van der Waals surface area contributed by atoms with Gasteiger partial charge in [-0.2, -0.15) is 5.10 Å². The van der Waals surface area contributed by atoms with Gasteiger partial charge in [-0.3, -0.25) is 4.68 Å². The zero-order valence-corrected chi connectivity index (χ0v) is 11.6. The highest BCUT2D eigenvalue weighted by atomic mass is 16.5. The molecule has 0 aliphatic carbocycles. The molecule has 1 aromatic rings. The summed E-state index contributed by atoms with van der Waals surface area (Å²) in [7, 11) is 0. The molecular weight excluding hydrogens is 228 g/mol. The number of rotatable bonds is 6. The second-order valence-corrected chi connectivity index (χ2v) is 4.96. The fraction of sp³-hybridized carbons (Fsp3) is 0.846. The Hall–Kier alpha value is -0.940. The largest absolute Gasteiger partial charge is 0.376 e. The summed E-state index contributed by atoms with van der Waals surface area (Å²) in [4.78, 5) is 4.36. The first-order valence-electron chi connectivity index (χ1n) is 6.97. The minimum absolute atomic E-state index is 0.298. The molecule has 0 saturated carbocycles. The van der Waals surface area contributed by atoms with Crippen molar-refractivity contribution in [2.24, 2.45) is 5.92 Å². The Morgan fingerprint density at radius 2 is 2.39 bits per heavy atom. The molecule has 2 rings (SSSR count). The van der Waals surface area contributed by atoms with Crippen LogP contribution < -0.4 is 5.32 Å². The zero-order valence-electron chi connectivity index (χ0n) is 11.6. The van der Waals surface area contributed by atoms with Crippen molar-refractivity contribution in [2.45, 2.75) is 52.3 Å². The number of hydrogen-bond acceptors (Lipinski definition) is 4. The number of likely N-dealkylation sites (N-methyl/N-ethyl adjacent to an activating group) is 1. The molecule has 1 saturated heterocycles. The quantitative estimate of drug-likeness (QED) is 0.827. The van der Waals surface area contributed by atoms with Gasteiger partial charge in [-0.25, -0.2) is 4.98 Å². The van der Waals surface area contributed by atoms with Crippen molar-refractivity contribution in [3.8, 4) is 0 Å². The molecule has 1 N–H and O–H groups in total. The van der Waals surface area contributed by atoms with E-state index in [-0.39, 0.29) is 0 Å². The Morgan fingerprint density at radius 3 is 3.00 bits per heavy atom. The van der Waals surface area contributed by atoms with E-state index in [1.807, 2.05) is 4.68 Å². The first-order chi connectivity index (χ1) is 8.76. The van der Waals surface area contributed by atoms with E-state index in [0.29, 0.717) is 18.1 Å². The van der Waals surface area contributed by atoms with Crippen molar-refractivity contribution in [1.82, 2.24) is 20.1 Å². The average molecular weight is 252 g/mol. The molecule has 3 atom stereocenters. The summed E-state index contributed by atoms with van der Waals surface area (Å²) >= 11 is 0. The van der Waals surface area contributed by atoms with Crippen molar-refractivity contribution >= 4 is 0 Å². The maximum absolute atomic E-state index is 5.88. The van der Waals surface area contributed by atoms with Crippen LogP contribution in [0.4, 0.5) is 0 Å². The smallest absolute Gasteiger partial charge is 0.138 e. The third-order valence-electron chi connectivity index (χ3n) is 3.70. The molecule has 0 bridgehead atoms. The van der Waals surface area contributed by atoms with Crippen LogP contribution in [0.5, 0.6) is 0 Å². The number of hydrogen-bond donors (Lipinski definition) is 1. The van der Waals surface area contributed by atoms with Gasteiger partial charge in [0.2, 0.25) is 0 Å². The first-order valence-corrected chi connectivity index (χ1v) is 6.97. The van der Waals surface area contributed by atoms with E-state index in [9.17, 15) is 0 Å². The lowest BCUT2D eigenvalue weighted by Gasteiger charge is -2.26. The van der Waals surface area contributed by atoms with Gasteiger partial charge in [-0.05, 0) is 25.8 Å². The molecule has 102 valence electrons. The molecule has 0 radical (unpaired) electrons. The highest BCUT2D eigenvalue weighted by Gasteiger charge is 2.32. The Bertz CT molecular complexity index is 366. The Morgan fingerprint density at radius 1 is 1.56 bits per heavy atom. The molecule has 0 spiro atoms. The molecule has 18 heavy (non-hydrogen) atoms. The first kappa shape index (κ1) is 13.5. The maximum atomic E-state index is 5.88. The third-order valence-corrected chi connectivity index (χ3v) is 3.70. The molecule has 5 nitrogen and oxygen atoms in total. The number of nitrogens with one attached hydrogen (secondary N) is 1. The normalized spacial score (nSPS) is 25.5. The Labute approximate surface area is 109 Å². The summed E-state index contributed by atoms with van der Waals surface area (Å²) in [6.45, 7) is 9.21. The molecule has 0 aromatic carbocycles. The summed E-state index contributed by atoms with van der Waals surface area (Å²) in [5, 5.41) is 7.77. The lowest BCUT2D eigenvalue weighted by molar-refractivity contribution is 0.0606. The minimum atomic E-state index is 0.298. The molecule has 3 unspecified atom stereocenters. The molecule has 1 fully saturated rings. The van der Waals surface area contributed by atoms with Crippen LogP contribution in [0.3, 0.4) is 0 Å². The van der Waals surface area contributed by atoms with Crippen LogP contribution in [-0.2, 0) is 17.7 Å². The van der Waals surface area contributed by atoms with E-state index in [1.165, 1.54) is 0 Å². The van der Waals surface area contributed by atoms with Gasteiger partial charge in [0.1, 0.15) is 12.2 Å². The second-order valence-electron chi connectivity index (χ2n) is 4.96. The van der Waals surface area contributed by atoms with Crippen LogP contribution in [0.2, 0.25) is 0 Å². The van der Waals surface area contributed by atoms with E-state index in [4.69, 9.17) is 4.74 Å². The van der Waals surface area contributed by atoms with Gasteiger partial charge in [0.15, 0.2) is 0 Å². The molecule has 1 aromatic heterocycles. The van der Waals surface area contributed by atoms with Crippen molar-refractivity contribution in [1.29, 1.82) is 0 Å². The van der Waals surface area contributed by atoms with Crippen LogP contribution in [-0.4, -0.2) is 40.1 Å². The van der Waals surface area contributed by atoms with Crippen LogP contribution in [0, 0.1) is 5.92 Å². The monoisotopic (exact) mass is 252 g/mol. The lowest BCUT2D eigenvalue weighted by Crippen LogP contribution is -2.44. The van der Waals surface area contributed by atoms with Crippen molar-refractivity contribution in [2.75, 3.05) is 13.2 Å². The number of ether oxygens (including phenoxy) is 1. The number of nitrogens with zero attached hydrogens (tertiary/aromatic N) is 3. The van der Waals surface area contributed by atoms with E-state index in [1.54, 1.807) is 6.33 Å². The summed E-state index contributed by atoms with van der Waals surface area (Å²) in [6, 6.07) is 0.335. The van der Waals surface area contributed by atoms with Crippen molar-refractivity contribution in [3.63, 3.8) is 0 Å². The highest BCUT2D eigenvalue weighted by Crippen LogP contribution is 2.24. The molecule has 1 aliphatic rings. The molecule has 0 amide bonds. The summed E-state index contributed by atoms with van der Waals surface area (Å²) in [5.74, 6) is 1.66. The van der Waals surface area contributed by atoms with Gasteiger partial charge in [0.25, 0.3) is 0 Å². The minimum Gasteiger partial charge on any atom is -0.376 e. The topological polar surface area (TPSA) is 52.0 Å². The van der Waals surface area contributed by atoms with Gasteiger partial charge in [-0.15, -0.1) is 0 Å². The van der Waals surface area contributed by atoms with E-state index in [2.05, 4.69) is 36.2 Å². The van der Waals surface area contributed by atoms with E-state index >= 15 is 0 Å². The number of aryl methyl sites for hydroxylation is 1. The van der Waals surface area contributed by atoms with E-state index in [0.717, 1.165) is 38.4 Å². The zero-order chi connectivity index (χ0) is 13.0. The summed E-state index contributed by atoms with van der Waals surface area (Å²) < 4.78 is 7.84.